The van der Waals surface area contributed by atoms with Gasteiger partial charge in [0.25, 0.3) is 0 Å². The predicted molar refractivity (Wildman–Crippen MR) is 47.4 cm³/mol. The van der Waals surface area contributed by atoms with Gasteiger partial charge in [-0.2, -0.15) is 0 Å². The summed E-state index contributed by atoms with van der Waals surface area (Å²) >= 11 is 0. The summed E-state index contributed by atoms with van der Waals surface area (Å²) in [5.41, 5.74) is 5.51. The molecule has 0 aromatic carbocycles. The van der Waals surface area contributed by atoms with Crippen molar-refractivity contribution in [2.75, 3.05) is 19.6 Å². The van der Waals surface area contributed by atoms with Crippen LogP contribution in [0.25, 0.3) is 0 Å². The fourth-order valence-corrected chi connectivity index (χ4v) is 1.36. The van der Waals surface area contributed by atoms with Crippen LogP contribution in [0.15, 0.2) is 0 Å². The molecule has 1 rings (SSSR count). The Kier molecular flexibility index (Phi) is 4.04. The second-order valence-corrected chi connectivity index (χ2v) is 3.04. The van der Waals surface area contributed by atoms with Gasteiger partial charge in [0, 0.05) is 12.5 Å². The normalized spacial score (nSPS) is 19.1. The quantitative estimate of drug-likeness (QED) is 0.508. The Labute approximate surface area is 73.1 Å². The Balaban J connectivity index is 2.20. The highest BCUT2D eigenvalue weighted by Gasteiger charge is 2.19. The Morgan fingerprint density at radius 1 is 1.50 bits per heavy atom. The minimum atomic E-state index is 0.137. The lowest BCUT2D eigenvalue weighted by atomic mass is 9.98. The van der Waals surface area contributed by atoms with Crippen LogP contribution in [0.1, 0.15) is 19.8 Å². The highest BCUT2D eigenvalue weighted by atomic mass is 16.2. The molecule has 0 aliphatic carbocycles. The fourth-order valence-electron chi connectivity index (χ4n) is 1.36. The van der Waals surface area contributed by atoms with Crippen molar-refractivity contribution in [2.24, 2.45) is 5.92 Å². The van der Waals surface area contributed by atoms with Gasteiger partial charge >= 0.3 is 0 Å². The summed E-state index contributed by atoms with van der Waals surface area (Å²) in [5, 5.41) is 3.23. The molecule has 1 heterocycles. The monoisotopic (exact) mass is 171 g/mol. The SMILES string of the molecule is CCNNC(=O)C1CCNCC1. The molecule has 70 valence electrons. The average Bonchev–Trinajstić information content (AvgIpc) is 2.15. The van der Waals surface area contributed by atoms with E-state index < -0.39 is 0 Å². The molecule has 1 saturated heterocycles. The van der Waals surface area contributed by atoms with E-state index >= 15 is 0 Å². The van der Waals surface area contributed by atoms with Gasteiger partial charge in [-0.1, -0.05) is 6.92 Å². The van der Waals surface area contributed by atoms with Crippen LogP contribution in [0.3, 0.4) is 0 Å². The van der Waals surface area contributed by atoms with Crippen LogP contribution in [0.5, 0.6) is 0 Å². The van der Waals surface area contributed by atoms with Gasteiger partial charge in [-0.3, -0.25) is 10.2 Å². The zero-order chi connectivity index (χ0) is 8.81. The Morgan fingerprint density at radius 2 is 2.17 bits per heavy atom. The number of carbonyl (C=O) groups is 1. The molecule has 12 heavy (non-hydrogen) atoms. The molecule has 3 N–H and O–H groups in total. The number of rotatable bonds is 3. The Hall–Kier alpha value is -0.610. The third-order valence-corrected chi connectivity index (χ3v) is 2.10. The molecule has 1 aliphatic rings. The van der Waals surface area contributed by atoms with E-state index in [2.05, 4.69) is 16.2 Å². The van der Waals surface area contributed by atoms with Gasteiger partial charge in [0.15, 0.2) is 0 Å². The second kappa shape index (κ2) is 5.11. The van der Waals surface area contributed by atoms with Gasteiger partial charge in [-0.25, -0.2) is 5.43 Å². The molecule has 4 nitrogen and oxygen atoms in total. The third kappa shape index (κ3) is 2.79. The van der Waals surface area contributed by atoms with Crippen molar-refractivity contribution in [3.8, 4) is 0 Å². The highest BCUT2D eigenvalue weighted by Crippen LogP contribution is 2.10. The summed E-state index contributed by atoms with van der Waals surface area (Å²) in [4.78, 5) is 11.4. The maximum absolute atomic E-state index is 11.4. The number of piperidine rings is 1. The van der Waals surface area contributed by atoms with Crippen molar-refractivity contribution in [3.05, 3.63) is 0 Å². The molecule has 0 aromatic heterocycles. The van der Waals surface area contributed by atoms with Crippen molar-refractivity contribution >= 4 is 5.91 Å². The summed E-state index contributed by atoms with van der Waals surface area (Å²) < 4.78 is 0. The van der Waals surface area contributed by atoms with E-state index in [1.165, 1.54) is 0 Å². The number of nitrogens with one attached hydrogen (secondary N) is 3. The standard InChI is InChI=1S/C8H17N3O/c1-2-10-11-8(12)7-3-5-9-6-4-7/h7,9-10H,2-6H2,1H3,(H,11,12). The van der Waals surface area contributed by atoms with Crippen LogP contribution in [0.4, 0.5) is 0 Å². The smallest absolute Gasteiger partial charge is 0.237 e. The Morgan fingerprint density at radius 3 is 2.75 bits per heavy atom. The first-order chi connectivity index (χ1) is 5.84. The number of hydrazine groups is 1. The van der Waals surface area contributed by atoms with E-state index in [-0.39, 0.29) is 11.8 Å². The molecule has 0 unspecified atom stereocenters. The van der Waals surface area contributed by atoms with Crippen molar-refractivity contribution in [2.45, 2.75) is 19.8 Å². The number of hydrogen-bond donors (Lipinski definition) is 3. The van der Waals surface area contributed by atoms with Gasteiger partial charge < -0.3 is 5.32 Å². The first-order valence-corrected chi connectivity index (χ1v) is 4.58. The number of hydrogen-bond acceptors (Lipinski definition) is 3. The van der Waals surface area contributed by atoms with E-state index in [0.717, 1.165) is 32.5 Å². The van der Waals surface area contributed by atoms with Crippen molar-refractivity contribution in [3.63, 3.8) is 0 Å². The summed E-state index contributed by atoms with van der Waals surface area (Å²) in [5.74, 6) is 0.337. The minimum absolute atomic E-state index is 0.137. The maximum Gasteiger partial charge on any atom is 0.237 e. The van der Waals surface area contributed by atoms with Crippen molar-refractivity contribution < 1.29 is 4.79 Å². The van der Waals surface area contributed by atoms with Gasteiger partial charge in [0.05, 0.1) is 0 Å². The molecule has 0 saturated carbocycles. The van der Waals surface area contributed by atoms with E-state index in [1.807, 2.05) is 6.92 Å². The zero-order valence-electron chi connectivity index (χ0n) is 7.52. The van der Waals surface area contributed by atoms with Gasteiger partial charge in [0.1, 0.15) is 0 Å². The number of carbonyl (C=O) groups excluding carboxylic acids is 1. The van der Waals surface area contributed by atoms with E-state index in [0.29, 0.717) is 0 Å². The summed E-state index contributed by atoms with van der Waals surface area (Å²) in [6.07, 6.45) is 1.91. The van der Waals surface area contributed by atoms with E-state index in [4.69, 9.17) is 0 Å². The lowest BCUT2D eigenvalue weighted by Gasteiger charge is -2.21. The molecule has 0 atom stereocenters. The predicted octanol–water partition coefficient (Wildman–Crippen LogP) is -0.373. The molecule has 0 radical (unpaired) electrons. The third-order valence-electron chi connectivity index (χ3n) is 2.10. The van der Waals surface area contributed by atoms with Crippen LogP contribution in [0.2, 0.25) is 0 Å². The maximum atomic E-state index is 11.4. The van der Waals surface area contributed by atoms with Crippen molar-refractivity contribution in [1.82, 2.24) is 16.2 Å². The molecule has 1 fully saturated rings. The zero-order valence-corrected chi connectivity index (χ0v) is 7.52. The first kappa shape index (κ1) is 9.48. The second-order valence-electron chi connectivity index (χ2n) is 3.04. The Bertz CT molecular complexity index is 143. The molecule has 0 spiro atoms. The van der Waals surface area contributed by atoms with Gasteiger partial charge in [-0.15, -0.1) is 0 Å². The van der Waals surface area contributed by atoms with E-state index in [9.17, 15) is 4.79 Å². The fraction of sp³-hybridized carbons (Fsp3) is 0.875. The topological polar surface area (TPSA) is 53.2 Å². The van der Waals surface area contributed by atoms with Gasteiger partial charge in [0.2, 0.25) is 5.91 Å². The lowest BCUT2D eigenvalue weighted by Crippen LogP contribution is -2.44. The van der Waals surface area contributed by atoms with Crippen LogP contribution in [-0.4, -0.2) is 25.5 Å². The summed E-state index contributed by atoms with van der Waals surface area (Å²) in [6.45, 7) is 4.66. The van der Waals surface area contributed by atoms with Crippen LogP contribution in [-0.2, 0) is 4.79 Å². The lowest BCUT2D eigenvalue weighted by molar-refractivity contribution is -0.126. The van der Waals surface area contributed by atoms with Crippen LogP contribution < -0.4 is 16.2 Å². The minimum Gasteiger partial charge on any atom is -0.317 e. The first-order valence-electron chi connectivity index (χ1n) is 4.58. The van der Waals surface area contributed by atoms with Crippen LogP contribution >= 0.6 is 0 Å². The van der Waals surface area contributed by atoms with Gasteiger partial charge in [-0.05, 0) is 25.9 Å². The molecule has 0 aromatic rings. The van der Waals surface area contributed by atoms with E-state index in [1.54, 1.807) is 0 Å². The largest absolute Gasteiger partial charge is 0.317 e. The molecular weight excluding hydrogens is 154 g/mol. The molecule has 1 amide bonds. The molecule has 4 heteroatoms. The molecule has 0 bridgehead atoms. The van der Waals surface area contributed by atoms with Crippen LogP contribution in [0, 0.1) is 5.92 Å². The molecule has 1 aliphatic heterocycles. The molecular formula is C8H17N3O. The summed E-state index contributed by atoms with van der Waals surface area (Å²) in [7, 11) is 0. The van der Waals surface area contributed by atoms with Crippen molar-refractivity contribution in [1.29, 1.82) is 0 Å². The average molecular weight is 171 g/mol. The highest BCUT2D eigenvalue weighted by molar-refractivity contribution is 5.78. The summed E-state index contributed by atoms with van der Waals surface area (Å²) in [6, 6.07) is 0. The number of amides is 1.